The molecule has 0 radical (unpaired) electrons. The number of Topliss-reactive ketones (excluding diaryl/α,β-unsaturated/α-hetero) is 1. The second-order valence-electron chi connectivity index (χ2n) is 2.73. The van der Waals surface area contributed by atoms with Crippen molar-refractivity contribution in [2.45, 2.75) is 13.8 Å². The zero-order valence-corrected chi connectivity index (χ0v) is 11.7. The predicted octanol–water partition coefficient (Wildman–Crippen LogP) is 3.66. The van der Waals surface area contributed by atoms with E-state index in [-0.39, 0.29) is 5.78 Å². The maximum Gasteiger partial charge on any atom is 0.163 e. The maximum absolute atomic E-state index is 11.3. The number of carbonyl (C=O) groups excluding carboxylic acids is 1. The van der Waals surface area contributed by atoms with Crippen LogP contribution in [0.1, 0.15) is 24.2 Å². The van der Waals surface area contributed by atoms with Crippen LogP contribution < -0.4 is 4.74 Å². The topological polar surface area (TPSA) is 26.3 Å². The molecule has 0 heterocycles. The van der Waals surface area contributed by atoms with Crippen molar-refractivity contribution >= 4 is 44.3 Å². The highest BCUT2D eigenvalue weighted by Crippen LogP contribution is 2.32. The minimum atomic E-state index is 0.0267. The molecule has 0 spiro atoms. The highest BCUT2D eigenvalue weighted by molar-refractivity contribution is 14.1. The molecule has 1 aromatic carbocycles. The summed E-state index contributed by atoms with van der Waals surface area (Å²) in [5.41, 5.74) is 0.638. The fraction of sp³-hybridized carbons (Fsp3) is 0.300. The molecule has 4 heteroatoms. The van der Waals surface area contributed by atoms with E-state index < -0.39 is 0 Å². The van der Waals surface area contributed by atoms with Gasteiger partial charge in [0.1, 0.15) is 5.75 Å². The minimum Gasteiger partial charge on any atom is -0.492 e. The van der Waals surface area contributed by atoms with Gasteiger partial charge in [-0.1, -0.05) is 0 Å². The maximum atomic E-state index is 11.3. The van der Waals surface area contributed by atoms with Crippen molar-refractivity contribution in [2.75, 3.05) is 6.61 Å². The van der Waals surface area contributed by atoms with Crippen molar-refractivity contribution in [2.24, 2.45) is 0 Å². The van der Waals surface area contributed by atoms with Gasteiger partial charge in [0.25, 0.3) is 0 Å². The van der Waals surface area contributed by atoms with Crippen molar-refractivity contribution < 1.29 is 9.53 Å². The molecule has 0 atom stereocenters. The van der Waals surface area contributed by atoms with E-state index in [2.05, 4.69) is 38.5 Å². The van der Waals surface area contributed by atoms with Gasteiger partial charge in [-0.05, 0) is 64.5 Å². The molecule has 14 heavy (non-hydrogen) atoms. The number of hydrogen-bond donors (Lipinski definition) is 0. The summed E-state index contributed by atoms with van der Waals surface area (Å²) in [5, 5.41) is 0. The van der Waals surface area contributed by atoms with Crippen molar-refractivity contribution in [3.05, 3.63) is 25.7 Å². The quantitative estimate of drug-likeness (QED) is 0.601. The van der Waals surface area contributed by atoms with E-state index >= 15 is 0 Å². The van der Waals surface area contributed by atoms with Crippen LogP contribution in [-0.4, -0.2) is 12.4 Å². The van der Waals surface area contributed by atoms with Gasteiger partial charge in [-0.15, -0.1) is 0 Å². The van der Waals surface area contributed by atoms with Crippen LogP contribution in [0.3, 0.4) is 0 Å². The first-order valence-electron chi connectivity index (χ1n) is 4.19. The summed E-state index contributed by atoms with van der Waals surface area (Å²) in [6.07, 6.45) is 0. The average molecular weight is 369 g/mol. The van der Waals surface area contributed by atoms with Gasteiger partial charge < -0.3 is 4.74 Å². The normalized spacial score (nSPS) is 10.0. The summed E-state index contributed by atoms with van der Waals surface area (Å²) >= 11 is 5.56. The number of benzene rings is 1. The van der Waals surface area contributed by atoms with Gasteiger partial charge in [-0.2, -0.15) is 0 Å². The SMILES string of the molecule is CCOc1c(C(C)=O)ccc(Br)c1I. The summed E-state index contributed by atoms with van der Waals surface area (Å²) in [7, 11) is 0. The van der Waals surface area contributed by atoms with Crippen LogP contribution >= 0.6 is 38.5 Å². The highest BCUT2D eigenvalue weighted by Gasteiger charge is 2.13. The van der Waals surface area contributed by atoms with Crippen molar-refractivity contribution in [3.8, 4) is 5.75 Å². The summed E-state index contributed by atoms with van der Waals surface area (Å²) in [6, 6.07) is 3.64. The Hall–Kier alpha value is -0.100. The Bertz CT molecular complexity index is 363. The number of rotatable bonds is 3. The molecule has 0 amide bonds. The summed E-state index contributed by atoms with van der Waals surface area (Å²) in [4.78, 5) is 11.3. The molecule has 0 unspecified atom stereocenters. The van der Waals surface area contributed by atoms with E-state index in [1.165, 1.54) is 0 Å². The van der Waals surface area contributed by atoms with Crippen LogP contribution in [0.2, 0.25) is 0 Å². The standard InChI is InChI=1S/C10H10BrIO2/c1-3-14-10-7(6(2)13)4-5-8(11)9(10)12/h4-5H,3H2,1-2H3. The van der Waals surface area contributed by atoms with E-state index in [0.717, 1.165) is 8.04 Å². The Morgan fingerprint density at radius 1 is 1.57 bits per heavy atom. The number of carbonyl (C=O) groups is 1. The van der Waals surface area contributed by atoms with Crippen LogP contribution in [0.4, 0.5) is 0 Å². The van der Waals surface area contributed by atoms with Crippen molar-refractivity contribution in [1.29, 1.82) is 0 Å². The van der Waals surface area contributed by atoms with Gasteiger partial charge in [0, 0.05) is 4.47 Å². The molecule has 0 aromatic heterocycles. The zero-order valence-electron chi connectivity index (χ0n) is 7.93. The summed E-state index contributed by atoms with van der Waals surface area (Å²) < 4.78 is 7.34. The van der Waals surface area contributed by atoms with E-state index in [4.69, 9.17) is 4.74 Å². The molecular formula is C10H10BrIO2. The van der Waals surface area contributed by atoms with Crippen LogP contribution in [0.25, 0.3) is 0 Å². The zero-order chi connectivity index (χ0) is 10.7. The average Bonchev–Trinajstić information content (AvgIpc) is 2.13. The summed E-state index contributed by atoms with van der Waals surface area (Å²) in [6.45, 7) is 4.01. The minimum absolute atomic E-state index is 0.0267. The molecule has 1 aromatic rings. The van der Waals surface area contributed by atoms with Gasteiger partial charge in [-0.3, -0.25) is 4.79 Å². The van der Waals surface area contributed by atoms with Gasteiger partial charge >= 0.3 is 0 Å². The predicted molar refractivity (Wildman–Crippen MR) is 68.0 cm³/mol. The lowest BCUT2D eigenvalue weighted by Crippen LogP contribution is -2.02. The van der Waals surface area contributed by atoms with Crippen LogP contribution in [-0.2, 0) is 0 Å². The number of halogens is 2. The lowest BCUT2D eigenvalue weighted by atomic mass is 10.1. The van der Waals surface area contributed by atoms with Gasteiger partial charge in [0.15, 0.2) is 5.78 Å². The molecule has 0 N–H and O–H groups in total. The third-order valence-corrected chi connectivity index (χ3v) is 4.19. The van der Waals surface area contributed by atoms with Crippen LogP contribution in [0.5, 0.6) is 5.75 Å². The van der Waals surface area contributed by atoms with E-state index in [1.807, 2.05) is 13.0 Å². The van der Waals surface area contributed by atoms with Crippen molar-refractivity contribution in [1.82, 2.24) is 0 Å². The molecule has 0 aliphatic rings. The molecule has 1 rings (SSSR count). The first-order valence-corrected chi connectivity index (χ1v) is 6.06. The van der Waals surface area contributed by atoms with Gasteiger partial charge in [0.05, 0.1) is 15.7 Å². The number of ketones is 1. The molecular weight excluding hydrogens is 359 g/mol. The lowest BCUT2D eigenvalue weighted by Gasteiger charge is -2.11. The molecule has 0 aliphatic heterocycles. The molecule has 0 bridgehead atoms. The number of ether oxygens (including phenoxy) is 1. The van der Waals surface area contributed by atoms with E-state index in [0.29, 0.717) is 17.9 Å². The van der Waals surface area contributed by atoms with Crippen LogP contribution in [0.15, 0.2) is 16.6 Å². The third kappa shape index (κ3) is 2.48. The Morgan fingerprint density at radius 2 is 2.21 bits per heavy atom. The molecule has 0 saturated carbocycles. The first-order chi connectivity index (χ1) is 6.57. The third-order valence-electron chi connectivity index (χ3n) is 1.72. The molecule has 0 saturated heterocycles. The molecule has 0 aliphatic carbocycles. The Labute approximate surface area is 105 Å². The fourth-order valence-corrected chi connectivity index (χ4v) is 2.03. The van der Waals surface area contributed by atoms with E-state index in [9.17, 15) is 4.79 Å². The second kappa shape index (κ2) is 5.11. The summed E-state index contributed by atoms with van der Waals surface area (Å²) in [5.74, 6) is 0.703. The van der Waals surface area contributed by atoms with Gasteiger partial charge in [-0.25, -0.2) is 0 Å². The Kier molecular flexibility index (Phi) is 4.37. The smallest absolute Gasteiger partial charge is 0.163 e. The lowest BCUT2D eigenvalue weighted by molar-refractivity contribution is 0.101. The van der Waals surface area contributed by atoms with Crippen LogP contribution in [0, 0.1) is 3.57 Å². The van der Waals surface area contributed by atoms with Gasteiger partial charge in [0.2, 0.25) is 0 Å². The molecule has 76 valence electrons. The fourth-order valence-electron chi connectivity index (χ4n) is 1.09. The first kappa shape index (κ1) is 12.0. The number of hydrogen-bond acceptors (Lipinski definition) is 2. The molecule has 2 nitrogen and oxygen atoms in total. The van der Waals surface area contributed by atoms with Crippen molar-refractivity contribution in [3.63, 3.8) is 0 Å². The monoisotopic (exact) mass is 368 g/mol. The largest absolute Gasteiger partial charge is 0.492 e. The highest BCUT2D eigenvalue weighted by atomic mass is 127. The van der Waals surface area contributed by atoms with E-state index in [1.54, 1.807) is 13.0 Å². The Balaban J connectivity index is 3.29. The Morgan fingerprint density at radius 3 is 2.71 bits per heavy atom. The second-order valence-corrected chi connectivity index (χ2v) is 4.66. The molecule has 0 fully saturated rings.